The van der Waals surface area contributed by atoms with Crippen molar-refractivity contribution in [1.82, 2.24) is 20.3 Å². The second-order valence-corrected chi connectivity index (χ2v) is 6.25. The summed E-state index contributed by atoms with van der Waals surface area (Å²) in [5.74, 6) is 1.75. The average Bonchev–Trinajstić information content (AvgIpc) is 3.22. The third kappa shape index (κ3) is 5.17. The van der Waals surface area contributed by atoms with E-state index in [4.69, 9.17) is 4.74 Å². The number of nitrogens with one attached hydrogen (secondary N) is 2. The first-order valence-electron chi connectivity index (χ1n) is 9.23. The minimum atomic E-state index is 0.462. The van der Waals surface area contributed by atoms with Crippen LogP contribution in [0, 0.1) is 0 Å². The van der Waals surface area contributed by atoms with E-state index >= 15 is 0 Å². The predicted molar refractivity (Wildman–Crippen MR) is 104 cm³/mol. The van der Waals surface area contributed by atoms with Gasteiger partial charge in [0.1, 0.15) is 18.2 Å². The van der Waals surface area contributed by atoms with Crippen LogP contribution in [-0.4, -0.2) is 21.5 Å². The summed E-state index contributed by atoms with van der Waals surface area (Å²) in [4.78, 5) is 11.8. The van der Waals surface area contributed by atoms with Crippen LogP contribution in [0.5, 0.6) is 5.75 Å². The van der Waals surface area contributed by atoms with Gasteiger partial charge in [0.25, 0.3) is 0 Å². The van der Waals surface area contributed by atoms with Crippen molar-refractivity contribution >= 4 is 0 Å². The number of unbranched alkanes of at least 4 members (excludes halogenated alkanes) is 2. The summed E-state index contributed by atoms with van der Waals surface area (Å²) in [5, 5.41) is 3.52. The van der Waals surface area contributed by atoms with E-state index in [1.807, 2.05) is 36.5 Å². The Morgan fingerprint density at radius 1 is 1.08 bits per heavy atom. The van der Waals surface area contributed by atoms with Crippen LogP contribution in [0.25, 0.3) is 11.4 Å². The van der Waals surface area contributed by atoms with E-state index in [1.165, 1.54) is 19.3 Å². The Balaban J connectivity index is 1.71. The molecule has 0 aliphatic rings. The first kappa shape index (κ1) is 18.1. The minimum Gasteiger partial charge on any atom is -0.487 e. The maximum Gasteiger partial charge on any atom is 0.137 e. The lowest BCUT2D eigenvalue weighted by Crippen LogP contribution is -2.15. The third-order valence-electron chi connectivity index (χ3n) is 4.21. The number of benzene rings is 1. The molecule has 0 amide bonds. The molecule has 5 nitrogen and oxygen atoms in total. The fourth-order valence-corrected chi connectivity index (χ4v) is 2.79. The topological polar surface area (TPSA) is 62.8 Å². The van der Waals surface area contributed by atoms with E-state index in [1.54, 1.807) is 12.4 Å². The summed E-state index contributed by atoms with van der Waals surface area (Å²) in [6.45, 7) is 4.47. The normalized spacial score (nSPS) is 10.8. The molecular weight excluding hydrogens is 324 g/mol. The zero-order valence-corrected chi connectivity index (χ0v) is 15.2. The van der Waals surface area contributed by atoms with Gasteiger partial charge < -0.3 is 15.0 Å². The highest BCUT2D eigenvalue weighted by Gasteiger charge is 2.09. The van der Waals surface area contributed by atoms with Crippen molar-refractivity contribution in [2.45, 2.75) is 39.3 Å². The number of hydrogen-bond donors (Lipinski definition) is 2. The van der Waals surface area contributed by atoms with Crippen molar-refractivity contribution in [3.8, 4) is 17.1 Å². The van der Waals surface area contributed by atoms with Gasteiger partial charge in [-0.15, -0.1) is 0 Å². The Hall–Kier alpha value is -2.66. The van der Waals surface area contributed by atoms with Crippen LogP contribution in [0.2, 0.25) is 0 Å². The number of imidazole rings is 1. The number of pyridine rings is 1. The second kappa shape index (κ2) is 9.73. The van der Waals surface area contributed by atoms with Crippen molar-refractivity contribution in [3.63, 3.8) is 0 Å². The highest BCUT2D eigenvalue weighted by molar-refractivity contribution is 5.58. The summed E-state index contributed by atoms with van der Waals surface area (Å²) >= 11 is 0. The fraction of sp³-hybridized carbons (Fsp3) is 0.333. The third-order valence-corrected chi connectivity index (χ3v) is 4.21. The molecule has 0 unspecified atom stereocenters. The molecule has 2 N–H and O–H groups in total. The van der Waals surface area contributed by atoms with Gasteiger partial charge in [0.15, 0.2) is 0 Å². The molecule has 0 bridgehead atoms. The Kier molecular flexibility index (Phi) is 6.79. The molecule has 0 spiro atoms. The van der Waals surface area contributed by atoms with Crippen molar-refractivity contribution < 1.29 is 4.74 Å². The molecule has 2 heterocycles. The molecular formula is C21H26N4O. The Labute approximate surface area is 154 Å². The highest BCUT2D eigenvalue weighted by Crippen LogP contribution is 2.25. The quantitative estimate of drug-likeness (QED) is 0.534. The first-order valence-corrected chi connectivity index (χ1v) is 9.23. The van der Waals surface area contributed by atoms with Crippen molar-refractivity contribution in [1.29, 1.82) is 0 Å². The van der Waals surface area contributed by atoms with E-state index in [9.17, 15) is 0 Å². The lowest BCUT2D eigenvalue weighted by Gasteiger charge is -2.13. The van der Waals surface area contributed by atoms with Crippen LogP contribution in [-0.2, 0) is 13.2 Å². The van der Waals surface area contributed by atoms with E-state index < -0.39 is 0 Å². The molecule has 3 rings (SSSR count). The zero-order valence-electron chi connectivity index (χ0n) is 15.2. The van der Waals surface area contributed by atoms with Crippen LogP contribution < -0.4 is 10.1 Å². The van der Waals surface area contributed by atoms with E-state index in [0.29, 0.717) is 6.61 Å². The molecule has 0 saturated heterocycles. The van der Waals surface area contributed by atoms with Crippen LogP contribution in [0.1, 0.15) is 37.4 Å². The van der Waals surface area contributed by atoms with Gasteiger partial charge in [-0.05, 0) is 43.3 Å². The minimum absolute atomic E-state index is 0.462. The maximum absolute atomic E-state index is 6.04. The summed E-state index contributed by atoms with van der Waals surface area (Å²) in [7, 11) is 0. The average molecular weight is 350 g/mol. The van der Waals surface area contributed by atoms with Crippen LogP contribution >= 0.6 is 0 Å². The largest absolute Gasteiger partial charge is 0.487 e. The van der Waals surface area contributed by atoms with Gasteiger partial charge in [-0.2, -0.15) is 0 Å². The molecule has 0 saturated carbocycles. The van der Waals surface area contributed by atoms with Gasteiger partial charge in [0.2, 0.25) is 0 Å². The lowest BCUT2D eigenvalue weighted by atomic mass is 10.1. The molecule has 0 aliphatic carbocycles. The summed E-state index contributed by atoms with van der Waals surface area (Å²) in [5.41, 5.74) is 3.11. The molecule has 1 aromatic carbocycles. The smallest absolute Gasteiger partial charge is 0.137 e. The Morgan fingerprint density at radius 3 is 2.81 bits per heavy atom. The molecule has 2 aromatic heterocycles. The SMILES string of the molecule is CCCCCNCc1cc(-c2ncc[nH]2)ccc1OCc1ccccn1. The van der Waals surface area contributed by atoms with E-state index in [0.717, 1.165) is 41.5 Å². The number of nitrogens with zero attached hydrogens (tertiary/aromatic N) is 2. The fourth-order valence-electron chi connectivity index (χ4n) is 2.79. The van der Waals surface area contributed by atoms with Gasteiger partial charge in [0, 0.05) is 36.3 Å². The highest BCUT2D eigenvalue weighted by atomic mass is 16.5. The van der Waals surface area contributed by atoms with Crippen LogP contribution in [0.15, 0.2) is 55.0 Å². The Bertz CT molecular complexity index is 772. The summed E-state index contributed by atoms with van der Waals surface area (Å²) in [6, 6.07) is 12.0. The number of rotatable bonds is 10. The molecule has 3 aromatic rings. The van der Waals surface area contributed by atoms with Gasteiger partial charge in [-0.3, -0.25) is 4.98 Å². The number of aromatic nitrogens is 3. The monoisotopic (exact) mass is 350 g/mol. The molecule has 0 atom stereocenters. The summed E-state index contributed by atoms with van der Waals surface area (Å²) in [6.07, 6.45) is 9.07. The van der Waals surface area contributed by atoms with Crippen LogP contribution in [0.4, 0.5) is 0 Å². The number of ether oxygens (including phenoxy) is 1. The summed E-state index contributed by atoms with van der Waals surface area (Å²) < 4.78 is 6.04. The number of hydrogen-bond acceptors (Lipinski definition) is 4. The molecule has 136 valence electrons. The molecule has 0 aliphatic heterocycles. The van der Waals surface area contributed by atoms with Crippen molar-refractivity contribution in [2.75, 3.05) is 6.54 Å². The molecule has 26 heavy (non-hydrogen) atoms. The predicted octanol–water partition coefficient (Wildman–Crippen LogP) is 4.33. The van der Waals surface area contributed by atoms with Gasteiger partial charge in [-0.1, -0.05) is 25.8 Å². The first-order chi connectivity index (χ1) is 12.9. The number of aromatic amines is 1. The molecule has 0 fully saturated rings. The van der Waals surface area contributed by atoms with Crippen molar-refractivity contribution in [3.05, 3.63) is 66.2 Å². The van der Waals surface area contributed by atoms with Gasteiger partial charge >= 0.3 is 0 Å². The second-order valence-electron chi connectivity index (χ2n) is 6.25. The van der Waals surface area contributed by atoms with E-state index in [2.05, 4.69) is 33.3 Å². The standard InChI is InChI=1S/C21H26N4O/c1-2-3-5-10-22-15-18-14-17(21-24-12-13-25-21)8-9-20(18)26-16-19-7-4-6-11-23-19/h4,6-9,11-14,22H,2-3,5,10,15-16H2,1H3,(H,24,25). The number of H-pyrrole nitrogens is 1. The van der Waals surface area contributed by atoms with Crippen molar-refractivity contribution in [2.24, 2.45) is 0 Å². The van der Waals surface area contributed by atoms with Crippen LogP contribution in [0.3, 0.4) is 0 Å². The maximum atomic E-state index is 6.04. The molecule has 0 radical (unpaired) electrons. The zero-order chi connectivity index (χ0) is 18.0. The van der Waals surface area contributed by atoms with Gasteiger partial charge in [0.05, 0.1) is 5.69 Å². The molecule has 5 heteroatoms. The Morgan fingerprint density at radius 2 is 2.04 bits per heavy atom. The lowest BCUT2D eigenvalue weighted by molar-refractivity contribution is 0.297. The van der Waals surface area contributed by atoms with Gasteiger partial charge in [-0.25, -0.2) is 4.98 Å². The van der Waals surface area contributed by atoms with E-state index in [-0.39, 0.29) is 0 Å².